The van der Waals surface area contributed by atoms with E-state index in [0.717, 1.165) is 27.0 Å². The van der Waals surface area contributed by atoms with Crippen molar-refractivity contribution >= 4 is 61.8 Å². The van der Waals surface area contributed by atoms with Crippen LogP contribution in [0.15, 0.2) is 96.6 Å². The number of fused-ring (bicyclic) bond motifs is 3. The van der Waals surface area contributed by atoms with Gasteiger partial charge in [-0.15, -0.1) is 0 Å². The normalized spacial score (nSPS) is 13.1. The van der Waals surface area contributed by atoms with Gasteiger partial charge >= 0.3 is 0 Å². The van der Waals surface area contributed by atoms with E-state index in [1.165, 1.54) is 11.3 Å². The molecule has 0 bridgehead atoms. The third-order valence-electron chi connectivity index (χ3n) is 6.49. The number of allylic oxidation sites excluding steroid dienone is 1. The van der Waals surface area contributed by atoms with Crippen molar-refractivity contribution in [2.45, 2.75) is 0 Å². The Morgan fingerprint density at radius 2 is 1.38 bits per heavy atom. The van der Waals surface area contributed by atoms with Crippen molar-refractivity contribution in [2.75, 3.05) is 0 Å². The number of nitrogens with zero attached hydrogens (tertiary/aromatic N) is 3. The van der Waals surface area contributed by atoms with Crippen LogP contribution in [0.4, 0.5) is 0 Å². The minimum atomic E-state index is -0.286. The number of carbonyl (C=O) groups excluding carboxylic acids is 2. The number of imidazole rings is 1. The summed E-state index contributed by atoms with van der Waals surface area (Å²) in [6, 6.07) is 28.5. The van der Waals surface area contributed by atoms with Gasteiger partial charge in [0, 0.05) is 27.4 Å². The molecule has 0 radical (unpaired) electrons. The fourth-order valence-electron chi connectivity index (χ4n) is 4.70. The molecule has 0 fully saturated rings. The standard InChI is InChI=1S/C30H16ClN3O2S/c31-20-12-10-17(11-13-20)29-33-28-30(37-29)32-25(34(28)21-8-2-1-3-9-21)16-24-26(35)22-14-18-6-4-5-7-19(18)15-23(22)27(24)36/h1-16H. The first kappa shape index (κ1) is 21.9. The molecular formula is C30H16ClN3O2S. The second-order valence-corrected chi connectivity index (χ2v) is 10.2. The molecule has 2 heterocycles. The summed E-state index contributed by atoms with van der Waals surface area (Å²) in [6.07, 6.45) is 1.60. The fraction of sp³-hybridized carbons (Fsp3) is 0. The predicted molar refractivity (Wildman–Crippen MR) is 148 cm³/mol. The molecule has 37 heavy (non-hydrogen) atoms. The van der Waals surface area contributed by atoms with E-state index in [1.807, 2.05) is 83.4 Å². The summed E-state index contributed by atoms with van der Waals surface area (Å²) in [5, 5.41) is 3.32. The molecular weight excluding hydrogens is 502 g/mol. The summed E-state index contributed by atoms with van der Waals surface area (Å²) >= 11 is 7.51. The van der Waals surface area contributed by atoms with Crippen molar-refractivity contribution in [1.82, 2.24) is 14.5 Å². The van der Waals surface area contributed by atoms with Gasteiger partial charge in [0.05, 0.1) is 5.57 Å². The molecule has 7 heteroatoms. The predicted octanol–water partition coefficient (Wildman–Crippen LogP) is 7.42. The van der Waals surface area contributed by atoms with Gasteiger partial charge in [0.15, 0.2) is 22.0 Å². The second-order valence-electron chi connectivity index (χ2n) is 8.76. The largest absolute Gasteiger partial charge is 0.288 e. The van der Waals surface area contributed by atoms with Gasteiger partial charge in [0.2, 0.25) is 0 Å². The molecule has 1 aliphatic rings. The molecule has 1 aliphatic carbocycles. The van der Waals surface area contributed by atoms with Crippen molar-refractivity contribution in [1.29, 1.82) is 0 Å². The van der Waals surface area contributed by atoms with Crippen LogP contribution in [0.2, 0.25) is 5.02 Å². The summed E-state index contributed by atoms with van der Waals surface area (Å²) in [7, 11) is 0. The van der Waals surface area contributed by atoms with Crippen molar-refractivity contribution < 1.29 is 9.59 Å². The third-order valence-corrected chi connectivity index (χ3v) is 7.73. The number of thiazole rings is 1. The Kier molecular flexibility index (Phi) is 4.92. The first-order valence-corrected chi connectivity index (χ1v) is 12.8. The average Bonchev–Trinajstić information content (AvgIpc) is 3.55. The van der Waals surface area contributed by atoms with Crippen LogP contribution in [0, 0.1) is 0 Å². The van der Waals surface area contributed by atoms with Crippen LogP contribution in [0.3, 0.4) is 0 Å². The number of benzene rings is 4. The quantitative estimate of drug-likeness (QED) is 0.181. The number of carbonyl (C=O) groups is 2. The van der Waals surface area contributed by atoms with E-state index in [1.54, 1.807) is 18.2 Å². The summed E-state index contributed by atoms with van der Waals surface area (Å²) in [6.45, 7) is 0. The van der Waals surface area contributed by atoms with Crippen molar-refractivity contribution in [2.24, 2.45) is 0 Å². The molecule has 2 aromatic heterocycles. The lowest BCUT2D eigenvalue weighted by molar-refractivity contribution is 0.0990. The summed E-state index contributed by atoms with van der Waals surface area (Å²) in [5.74, 6) is -0.0882. The van der Waals surface area contributed by atoms with Crippen molar-refractivity contribution in [3.8, 4) is 16.3 Å². The molecule has 0 atom stereocenters. The summed E-state index contributed by atoms with van der Waals surface area (Å²) in [4.78, 5) is 37.1. The maximum absolute atomic E-state index is 13.4. The van der Waals surface area contributed by atoms with E-state index in [4.69, 9.17) is 21.6 Å². The van der Waals surface area contributed by atoms with Crippen molar-refractivity contribution in [3.63, 3.8) is 0 Å². The van der Waals surface area contributed by atoms with Gasteiger partial charge in [0.1, 0.15) is 10.8 Å². The zero-order valence-corrected chi connectivity index (χ0v) is 20.8. The second kappa shape index (κ2) is 8.34. The number of hydrogen-bond donors (Lipinski definition) is 0. The first-order chi connectivity index (χ1) is 18.1. The SMILES string of the molecule is O=C1C(=Cc2nc3sc(-c4ccc(Cl)cc4)nc3n2-c2ccccc2)C(=O)c2cc3ccccc3cc21. The highest BCUT2D eigenvalue weighted by molar-refractivity contribution is 7.21. The highest BCUT2D eigenvalue weighted by Crippen LogP contribution is 2.35. The Bertz CT molecular complexity index is 1860. The number of halogens is 1. The zero-order chi connectivity index (χ0) is 25.1. The molecule has 0 unspecified atom stereocenters. The molecule has 5 nitrogen and oxygen atoms in total. The molecule has 4 aromatic carbocycles. The number of Topliss-reactive ketones (excluding diaryl/α,β-unsaturated/α-hetero) is 2. The number of para-hydroxylation sites is 1. The minimum absolute atomic E-state index is 0.109. The lowest BCUT2D eigenvalue weighted by Gasteiger charge is -2.06. The molecule has 7 rings (SSSR count). The van der Waals surface area contributed by atoms with Crippen molar-refractivity contribution in [3.05, 3.63) is 119 Å². The lowest BCUT2D eigenvalue weighted by atomic mass is 10.0. The minimum Gasteiger partial charge on any atom is -0.288 e. The van der Waals surface area contributed by atoms with Gasteiger partial charge < -0.3 is 0 Å². The van der Waals surface area contributed by atoms with Crippen LogP contribution < -0.4 is 0 Å². The Hall–Kier alpha value is -4.39. The number of ketones is 2. The maximum Gasteiger partial charge on any atom is 0.197 e. The topological polar surface area (TPSA) is 64.8 Å². The van der Waals surface area contributed by atoms with E-state index in [-0.39, 0.29) is 17.1 Å². The van der Waals surface area contributed by atoms with Gasteiger partial charge in [-0.2, -0.15) is 0 Å². The number of rotatable bonds is 3. The summed E-state index contributed by atoms with van der Waals surface area (Å²) < 4.78 is 1.89. The van der Waals surface area contributed by atoms with Crippen LogP contribution in [-0.4, -0.2) is 26.1 Å². The first-order valence-electron chi connectivity index (χ1n) is 11.6. The molecule has 6 aromatic rings. The van der Waals surface area contributed by atoms with Crippen LogP contribution in [-0.2, 0) is 0 Å². The van der Waals surface area contributed by atoms with Gasteiger partial charge in [0.25, 0.3) is 0 Å². The lowest BCUT2D eigenvalue weighted by Crippen LogP contribution is -2.04. The van der Waals surface area contributed by atoms with Gasteiger partial charge in [-0.1, -0.05) is 77.5 Å². The molecule has 0 amide bonds. The zero-order valence-electron chi connectivity index (χ0n) is 19.2. The Morgan fingerprint density at radius 3 is 2.03 bits per heavy atom. The highest BCUT2D eigenvalue weighted by atomic mass is 35.5. The summed E-state index contributed by atoms with van der Waals surface area (Å²) in [5.41, 5.74) is 3.41. The Balaban J connectivity index is 1.39. The fourth-order valence-corrected chi connectivity index (χ4v) is 5.76. The molecule has 0 saturated carbocycles. The smallest absolute Gasteiger partial charge is 0.197 e. The highest BCUT2D eigenvalue weighted by Gasteiger charge is 2.34. The molecule has 0 N–H and O–H groups in total. The van der Waals surface area contributed by atoms with Gasteiger partial charge in [-0.3, -0.25) is 14.2 Å². The van der Waals surface area contributed by atoms with Gasteiger partial charge in [-0.25, -0.2) is 9.97 Å². The van der Waals surface area contributed by atoms with E-state index < -0.39 is 0 Å². The number of hydrogen-bond acceptors (Lipinski definition) is 5. The Labute approximate surface area is 220 Å². The van der Waals surface area contributed by atoms with E-state index >= 15 is 0 Å². The van der Waals surface area contributed by atoms with E-state index in [0.29, 0.717) is 32.5 Å². The van der Waals surface area contributed by atoms with Crippen LogP contribution in [0.1, 0.15) is 26.5 Å². The number of aromatic nitrogens is 3. The monoisotopic (exact) mass is 517 g/mol. The van der Waals surface area contributed by atoms with Crippen LogP contribution >= 0.6 is 22.9 Å². The van der Waals surface area contributed by atoms with Crippen LogP contribution in [0.25, 0.3) is 43.6 Å². The van der Waals surface area contributed by atoms with Crippen LogP contribution in [0.5, 0.6) is 0 Å². The molecule has 0 spiro atoms. The third kappa shape index (κ3) is 3.53. The van der Waals surface area contributed by atoms with Gasteiger partial charge in [-0.05, 0) is 53.2 Å². The maximum atomic E-state index is 13.4. The Morgan fingerprint density at radius 1 is 0.757 bits per heavy atom. The average molecular weight is 518 g/mol. The van der Waals surface area contributed by atoms with E-state index in [2.05, 4.69) is 0 Å². The molecule has 0 saturated heterocycles. The molecule has 0 aliphatic heterocycles. The molecule has 176 valence electrons. The van der Waals surface area contributed by atoms with E-state index in [9.17, 15) is 9.59 Å².